The largest absolute Gasteiger partial charge is 0.493 e. The molecule has 2 unspecified atom stereocenters. The molecule has 152 valence electrons. The molecule has 0 spiro atoms. The molecule has 0 amide bonds. The van der Waals surface area contributed by atoms with E-state index in [0.717, 1.165) is 38.0 Å². The maximum atomic E-state index is 10.9. The Bertz CT molecular complexity index is 727. The van der Waals surface area contributed by atoms with Crippen molar-refractivity contribution in [3.8, 4) is 11.5 Å². The van der Waals surface area contributed by atoms with Crippen LogP contribution in [0.3, 0.4) is 0 Å². The molecular weight excluding hydrogens is 362 g/mol. The van der Waals surface area contributed by atoms with Gasteiger partial charge in [0.1, 0.15) is 24.8 Å². The smallest absolute Gasteiger partial charge is 0.161 e. The minimum absolute atomic E-state index is 0.108. The number of carbonyl (C=O) groups excluding carboxylic acids is 1. The number of ether oxygens (including phenoxy) is 3. The lowest BCUT2D eigenvalue weighted by Gasteiger charge is -2.26. The second kappa shape index (κ2) is 10.3. The van der Waals surface area contributed by atoms with Crippen molar-refractivity contribution in [1.82, 2.24) is 4.90 Å². The third-order valence-electron chi connectivity index (χ3n) is 4.67. The van der Waals surface area contributed by atoms with E-state index in [4.69, 9.17) is 18.6 Å². The van der Waals surface area contributed by atoms with Gasteiger partial charge >= 0.3 is 0 Å². The number of hydrogen-bond acceptors (Lipinski definition) is 7. The summed E-state index contributed by atoms with van der Waals surface area (Å²) in [6, 6.07) is 8.70. The van der Waals surface area contributed by atoms with E-state index in [0.29, 0.717) is 30.2 Å². The summed E-state index contributed by atoms with van der Waals surface area (Å²) in [5.74, 6) is 1.80. The molecule has 7 nitrogen and oxygen atoms in total. The summed E-state index contributed by atoms with van der Waals surface area (Å²) >= 11 is 0. The van der Waals surface area contributed by atoms with Crippen molar-refractivity contribution in [2.75, 3.05) is 33.4 Å². The van der Waals surface area contributed by atoms with Gasteiger partial charge in [-0.25, -0.2) is 0 Å². The highest BCUT2D eigenvalue weighted by Crippen LogP contribution is 2.27. The van der Waals surface area contributed by atoms with Crippen LogP contribution in [0, 0.1) is 0 Å². The molecule has 1 saturated heterocycles. The molecule has 1 aliphatic heterocycles. The average molecular weight is 389 g/mol. The van der Waals surface area contributed by atoms with Crippen LogP contribution in [-0.4, -0.2) is 61.9 Å². The van der Waals surface area contributed by atoms with E-state index in [-0.39, 0.29) is 12.7 Å². The number of hydrogen-bond donors (Lipinski definition) is 1. The lowest BCUT2D eigenvalue weighted by atomic mass is 10.2. The maximum Gasteiger partial charge on any atom is 0.161 e. The van der Waals surface area contributed by atoms with Crippen molar-refractivity contribution >= 4 is 6.29 Å². The molecule has 1 aromatic carbocycles. The Balaban J connectivity index is 1.56. The summed E-state index contributed by atoms with van der Waals surface area (Å²) in [5, 5.41) is 10.5. The Morgan fingerprint density at radius 1 is 1.36 bits per heavy atom. The van der Waals surface area contributed by atoms with Gasteiger partial charge in [-0.1, -0.05) is 0 Å². The number of nitrogens with zero attached hydrogens (tertiary/aromatic N) is 1. The molecule has 0 saturated carbocycles. The number of methoxy groups -OCH3 is 1. The molecule has 0 radical (unpaired) electrons. The van der Waals surface area contributed by atoms with Gasteiger partial charge in [0.2, 0.25) is 0 Å². The van der Waals surface area contributed by atoms with Crippen LogP contribution in [0.25, 0.3) is 0 Å². The second-order valence-corrected chi connectivity index (χ2v) is 6.90. The standard InChI is InChI=1S/C21H27NO6/c1-25-21-10-16(14-23)6-7-20(21)28-15-17(24)11-22(12-18-4-2-8-26-18)13-19-5-3-9-27-19/h2,4,6-8,10,14,17,19,24H,3,5,9,11-13,15H2,1H3. The molecule has 1 aromatic heterocycles. The van der Waals surface area contributed by atoms with Crippen LogP contribution in [0.2, 0.25) is 0 Å². The van der Waals surface area contributed by atoms with Gasteiger partial charge in [-0.05, 0) is 43.2 Å². The third kappa shape index (κ3) is 5.82. The molecule has 3 rings (SSSR count). The molecule has 2 atom stereocenters. The number of furan rings is 1. The van der Waals surface area contributed by atoms with Crippen LogP contribution in [-0.2, 0) is 11.3 Å². The molecule has 28 heavy (non-hydrogen) atoms. The van der Waals surface area contributed by atoms with Gasteiger partial charge in [0.25, 0.3) is 0 Å². The van der Waals surface area contributed by atoms with Crippen LogP contribution >= 0.6 is 0 Å². The molecule has 1 aliphatic rings. The fraction of sp³-hybridized carbons (Fsp3) is 0.476. The lowest BCUT2D eigenvalue weighted by molar-refractivity contribution is 0.0287. The molecule has 0 bridgehead atoms. The lowest BCUT2D eigenvalue weighted by Crippen LogP contribution is -2.39. The first-order chi connectivity index (χ1) is 13.7. The maximum absolute atomic E-state index is 10.9. The topological polar surface area (TPSA) is 81.4 Å². The van der Waals surface area contributed by atoms with Crippen molar-refractivity contribution in [2.24, 2.45) is 0 Å². The Morgan fingerprint density at radius 2 is 2.25 bits per heavy atom. The number of rotatable bonds is 11. The van der Waals surface area contributed by atoms with Crippen molar-refractivity contribution in [2.45, 2.75) is 31.6 Å². The van der Waals surface area contributed by atoms with Crippen LogP contribution in [0.4, 0.5) is 0 Å². The average Bonchev–Trinajstić information content (AvgIpc) is 3.40. The van der Waals surface area contributed by atoms with E-state index in [9.17, 15) is 9.90 Å². The van der Waals surface area contributed by atoms with E-state index >= 15 is 0 Å². The molecule has 0 aliphatic carbocycles. The molecular formula is C21H27NO6. The summed E-state index contributed by atoms with van der Waals surface area (Å²) in [4.78, 5) is 13.0. The Hall–Kier alpha value is -2.35. The van der Waals surface area contributed by atoms with Gasteiger partial charge in [-0.3, -0.25) is 9.69 Å². The highest BCUT2D eigenvalue weighted by molar-refractivity contribution is 5.76. The monoisotopic (exact) mass is 389 g/mol. The summed E-state index contributed by atoms with van der Waals surface area (Å²) < 4.78 is 22.2. The van der Waals surface area contributed by atoms with Crippen molar-refractivity contribution in [3.05, 3.63) is 47.9 Å². The van der Waals surface area contributed by atoms with Crippen LogP contribution in [0.15, 0.2) is 41.0 Å². The van der Waals surface area contributed by atoms with E-state index < -0.39 is 6.10 Å². The first-order valence-corrected chi connectivity index (χ1v) is 9.48. The number of aldehydes is 1. The van der Waals surface area contributed by atoms with E-state index in [2.05, 4.69) is 4.90 Å². The molecule has 2 aromatic rings. The fourth-order valence-corrected chi connectivity index (χ4v) is 3.32. The van der Waals surface area contributed by atoms with Gasteiger partial charge in [0, 0.05) is 25.3 Å². The molecule has 7 heteroatoms. The second-order valence-electron chi connectivity index (χ2n) is 6.90. The predicted molar refractivity (Wildman–Crippen MR) is 103 cm³/mol. The van der Waals surface area contributed by atoms with Gasteiger partial charge in [-0.15, -0.1) is 0 Å². The SMILES string of the molecule is COc1cc(C=O)ccc1OCC(O)CN(Cc1ccco1)CC1CCCO1. The van der Waals surface area contributed by atoms with Crippen LogP contribution < -0.4 is 9.47 Å². The highest BCUT2D eigenvalue weighted by Gasteiger charge is 2.22. The van der Waals surface area contributed by atoms with Crippen molar-refractivity contribution in [3.63, 3.8) is 0 Å². The zero-order valence-corrected chi connectivity index (χ0v) is 16.1. The number of carbonyl (C=O) groups is 1. The molecule has 2 heterocycles. The van der Waals surface area contributed by atoms with Gasteiger partial charge in [0.05, 0.1) is 26.0 Å². The summed E-state index contributed by atoms with van der Waals surface area (Å²) in [7, 11) is 1.51. The number of aliphatic hydroxyl groups excluding tert-OH is 1. The van der Waals surface area contributed by atoms with E-state index in [1.807, 2.05) is 12.1 Å². The number of benzene rings is 1. The van der Waals surface area contributed by atoms with Crippen LogP contribution in [0.5, 0.6) is 11.5 Å². The third-order valence-corrected chi connectivity index (χ3v) is 4.67. The van der Waals surface area contributed by atoms with Crippen molar-refractivity contribution < 1.29 is 28.5 Å². The molecule has 1 fully saturated rings. The van der Waals surface area contributed by atoms with E-state index in [1.165, 1.54) is 7.11 Å². The summed E-state index contributed by atoms with van der Waals surface area (Å²) in [5.41, 5.74) is 0.505. The number of aliphatic hydroxyl groups is 1. The predicted octanol–water partition coefficient (Wildman–Crippen LogP) is 2.52. The molecule has 1 N–H and O–H groups in total. The van der Waals surface area contributed by atoms with Gasteiger partial charge in [-0.2, -0.15) is 0 Å². The minimum atomic E-state index is -0.702. The highest BCUT2D eigenvalue weighted by atomic mass is 16.5. The van der Waals surface area contributed by atoms with Gasteiger partial charge < -0.3 is 23.7 Å². The first-order valence-electron chi connectivity index (χ1n) is 9.48. The Morgan fingerprint density at radius 3 is 2.93 bits per heavy atom. The fourth-order valence-electron chi connectivity index (χ4n) is 3.32. The summed E-state index contributed by atoms with van der Waals surface area (Å²) in [6.45, 7) is 2.66. The first kappa shape index (κ1) is 20.4. The minimum Gasteiger partial charge on any atom is -0.493 e. The van der Waals surface area contributed by atoms with E-state index in [1.54, 1.807) is 24.5 Å². The normalized spacial score (nSPS) is 17.6. The van der Waals surface area contributed by atoms with Crippen LogP contribution in [0.1, 0.15) is 29.0 Å². The van der Waals surface area contributed by atoms with Gasteiger partial charge in [0.15, 0.2) is 11.5 Å². The Kier molecular flexibility index (Phi) is 7.47. The zero-order valence-electron chi connectivity index (χ0n) is 16.1. The summed E-state index contributed by atoms with van der Waals surface area (Å²) in [6.07, 6.45) is 3.97. The zero-order chi connectivity index (χ0) is 19.8. The van der Waals surface area contributed by atoms with Crippen molar-refractivity contribution in [1.29, 1.82) is 0 Å². The quantitative estimate of drug-likeness (QED) is 0.592. The Labute approximate surface area is 164 Å².